The lowest BCUT2D eigenvalue weighted by Gasteiger charge is -2.34. The summed E-state index contributed by atoms with van der Waals surface area (Å²) in [4.78, 5) is 39.5. The molecule has 3 fully saturated rings. The lowest BCUT2D eigenvalue weighted by molar-refractivity contribution is -0.193. The molecule has 3 saturated heterocycles. The number of hydrogen-bond acceptors (Lipinski definition) is 7. The van der Waals surface area contributed by atoms with Crippen LogP contribution in [0.15, 0.2) is 11.6 Å². The summed E-state index contributed by atoms with van der Waals surface area (Å²) in [6.45, 7) is 6.26. The third-order valence-corrected chi connectivity index (χ3v) is 6.54. The molecular formula is C20H25F6N3O6S. The van der Waals surface area contributed by atoms with Crippen molar-refractivity contribution in [2.45, 2.75) is 31.7 Å². The van der Waals surface area contributed by atoms with Gasteiger partial charge in [-0.25, -0.2) is 14.6 Å². The van der Waals surface area contributed by atoms with Gasteiger partial charge in [-0.3, -0.25) is 9.69 Å². The zero-order valence-electron chi connectivity index (χ0n) is 18.8. The Bertz CT molecular complexity index is 852. The fraction of sp³-hybridized carbons (Fsp3) is 0.700. The first-order chi connectivity index (χ1) is 16.7. The van der Waals surface area contributed by atoms with Crippen LogP contribution in [0.5, 0.6) is 0 Å². The Balaban J connectivity index is 0.000000271. The lowest BCUT2D eigenvalue weighted by Crippen LogP contribution is -2.45. The molecule has 3 aliphatic heterocycles. The number of amides is 1. The van der Waals surface area contributed by atoms with Gasteiger partial charge in [-0.15, -0.1) is 11.3 Å². The molecule has 2 N–H and O–H groups in total. The standard InChI is InChI=1S/C16H23N3O2S.2C2HF3O2/c20-16(19-4-1-2-5-19)14-11-21-10-12-7-18(8-13(12)14)9-15-17-3-6-22-15;2*3-2(4,5)1(6)7/h3,6,12-14H,1-2,4-5,7-11H2;2*(H,6,7)/t12-,13-,14-;;/m1../s1. The van der Waals surface area contributed by atoms with Crippen LogP contribution in [-0.2, 0) is 25.7 Å². The molecule has 0 radical (unpaired) electrons. The predicted octanol–water partition coefficient (Wildman–Crippen LogP) is 2.73. The SMILES string of the molecule is O=C(O)C(F)(F)F.O=C(O)C(F)(F)F.O=C([C@@H]1COC[C@H]2CN(Cc3nccs3)C[C@H]21)N1CCCC1. The number of carbonyl (C=O) groups excluding carboxylic acids is 1. The van der Waals surface area contributed by atoms with Crippen molar-refractivity contribution in [2.75, 3.05) is 39.4 Å². The fourth-order valence-electron chi connectivity index (χ4n) is 4.17. The second-order valence-corrected chi connectivity index (χ2v) is 9.31. The molecule has 36 heavy (non-hydrogen) atoms. The van der Waals surface area contributed by atoms with Gasteiger partial charge in [0.05, 0.1) is 25.7 Å². The van der Waals surface area contributed by atoms with Gasteiger partial charge in [-0.1, -0.05) is 0 Å². The number of alkyl halides is 6. The summed E-state index contributed by atoms with van der Waals surface area (Å²) in [6, 6.07) is 0. The van der Waals surface area contributed by atoms with Crippen molar-refractivity contribution < 1.29 is 55.7 Å². The van der Waals surface area contributed by atoms with Crippen LogP contribution in [0.3, 0.4) is 0 Å². The van der Waals surface area contributed by atoms with Crippen LogP contribution < -0.4 is 0 Å². The zero-order chi connectivity index (χ0) is 27.1. The monoisotopic (exact) mass is 549 g/mol. The third-order valence-electron chi connectivity index (χ3n) is 5.78. The third kappa shape index (κ3) is 8.89. The zero-order valence-corrected chi connectivity index (χ0v) is 19.6. The van der Waals surface area contributed by atoms with Crippen LogP contribution in [0.4, 0.5) is 26.3 Å². The minimum Gasteiger partial charge on any atom is -0.475 e. The summed E-state index contributed by atoms with van der Waals surface area (Å²) in [5, 5.41) is 17.4. The van der Waals surface area contributed by atoms with Gasteiger partial charge < -0.3 is 19.8 Å². The summed E-state index contributed by atoms with van der Waals surface area (Å²) >= 11 is 1.71. The van der Waals surface area contributed by atoms with Gasteiger partial charge in [0, 0.05) is 37.8 Å². The number of hydrogen-bond donors (Lipinski definition) is 2. The molecule has 0 bridgehead atoms. The number of nitrogens with zero attached hydrogens (tertiary/aromatic N) is 3. The summed E-state index contributed by atoms with van der Waals surface area (Å²) in [5.41, 5.74) is 0. The molecule has 0 aliphatic carbocycles. The highest BCUT2D eigenvalue weighted by molar-refractivity contribution is 7.09. The normalized spacial score (nSPS) is 24.2. The summed E-state index contributed by atoms with van der Waals surface area (Å²) in [5.74, 6) is -4.14. The molecule has 204 valence electrons. The molecule has 1 amide bonds. The van der Waals surface area contributed by atoms with Crippen LogP contribution in [0.25, 0.3) is 0 Å². The van der Waals surface area contributed by atoms with Crippen molar-refractivity contribution >= 4 is 29.2 Å². The van der Waals surface area contributed by atoms with Gasteiger partial charge in [0.25, 0.3) is 0 Å². The van der Waals surface area contributed by atoms with E-state index in [0.717, 1.165) is 52.2 Å². The van der Waals surface area contributed by atoms with Crippen molar-refractivity contribution in [1.29, 1.82) is 0 Å². The van der Waals surface area contributed by atoms with E-state index in [1.54, 1.807) is 11.3 Å². The Kier molecular flexibility index (Phi) is 10.5. The van der Waals surface area contributed by atoms with Crippen molar-refractivity contribution in [3.05, 3.63) is 16.6 Å². The Morgan fingerprint density at radius 2 is 1.56 bits per heavy atom. The van der Waals surface area contributed by atoms with Crippen LogP contribution in [0, 0.1) is 17.8 Å². The van der Waals surface area contributed by atoms with E-state index in [2.05, 4.69) is 14.8 Å². The molecule has 4 heterocycles. The largest absolute Gasteiger partial charge is 0.490 e. The number of halogens is 6. The van der Waals surface area contributed by atoms with Crippen LogP contribution in [0.2, 0.25) is 0 Å². The smallest absolute Gasteiger partial charge is 0.475 e. The molecule has 0 aromatic carbocycles. The first-order valence-electron chi connectivity index (χ1n) is 10.8. The summed E-state index contributed by atoms with van der Waals surface area (Å²) in [6.07, 6.45) is -5.99. The van der Waals surface area contributed by atoms with E-state index >= 15 is 0 Å². The second-order valence-electron chi connectivity index (χ2n) is 8.33. The van der Waals surface area contributed by atoms with E-state index in [1.807, 2.05) is 11.6 Å². The number of carboxylic acid groups (broad SMARTS) is 2. The van der Waals surface area contributed by atoms with Crippen molar-refractivity contribution in [3.8, 4) is 0 Å². The number of rotatable bonds is 3. The second kappa shape index (κ2) is 12.7. The molecule has 1 aromatic rings. The van der Waals surface area contributed by atoms with Crippen molar-refractivity contribution in [1.82, 2.24) is 14.8 Å². The maximum absolute atomic E-state index is 12.8. The van der Waals surface area contributed by atoms with Gasteiger partial charge in [0.2, 0.25) is 5.91 Å². The Hall–Kier alpha value is -2.46. The molecule has 0 saturated carbocycles. The summed E-state index contributed by atoms with van der Waals surface area (Å²) in [7, 11) is 0. The highest BCUT2D eigenvalue weighted by Crippen LogP contribution is 2.36. The number of aromatic nitrogens is 1. The molecule has 9 nitrogen and oxygen atoms in total. The van der Waals surface area contributed by atoms with E-state index < -0.39 is 24.3 Å². The van der Waals surface area contributed by atoms with Crippen LogP contribution >= 0.6 is 11.3 Å². The van der Waals surface area contributed by atoms with Gasteiger partial charge in [-0.2, -0.15) is 26.3 Å². The van der Waals surface area contributed by atoms with Gasteiger partial charge >= 0.3 is 24.3 Å². The van der Waals surface area contributed by atoms with Crippen molar-refractivity contribution in [3.63, 3.8) is 0 Å². The molecule has 3 aliphatic rings. The minimum atomic E-state index is -5.08. The topological polar surface area (TPSA) is 120 Å². The maximum atomic E-state index is 12.8. The predicted molar refractivity (Wildman–Crippen MR) is 112 cm³/mol. The summed E-state index contributed by atoms with van der Waals surface area (Å²) < 4.78 is 69.2. The number of ether oxygens (including phenoxy) is 1. The molecule has 4 rings (SSSR count). The Morgan fingerprint density at radius 3 is 2.03 bits per heavy atom. The number of carbonyl (C=O) groups is 3. The van der Waals surface area contributed by atoms with E-state index in [4.69, 9.17) is 24.5 Å². The minimum absolute atomic E-state index is 0.0677. The molecule has 16 heteroatoms. The number of carboxylic acids is 2. The average Bonchev–Trinajstić information content (AvgIpc) is 3.54. The highest BCUT2D eigenvalue weighted by Gasteiger charge is 2.45. The van der Waals surface area contributed by atoms with Gasteiger partial charge in [0.15, 0.2) is 0 Å². The average molecular weight is 549 g/mol. The number of fused-ring (bicyclic) bond motifs is 1. The first-order valence-corrected chi connectivity index (χ1v) is 11.7. The molecule has 1 aromatic heterocycles. The molecule has 3 atom stereocenters. The number of thiazole rings is 1. The molecule has 0 spiro atoms. The van der Waals surface area contributed by atoms with E-state index in [9.17, 15) is 31.1 Å². The lowest BCUT2D eigenvalue weighted by atomic mass is 9.82. The number of aliphatic carboxylic acids is 2. The quantitative estimate of drug-likeness (QED) is 0.553. The van der Waals surface area contributed by atoms with Gasteiger partial charge in [-0.05, 0) is 24.7 Å². The fourth-order valence-corrected chi connectivity index (χ4v) is 4.83. The van der Waals surface area contributed by atoms with E-state index in [1.165, 1.54) is 5.01 Å². The highest BCUT2D eigenvalue weighted by atomic mass is 32.1. The van der Waals surface area contributed by atoms with Crippen LogP contribution in [0.1, 0.15) is 17.8 Å². The maximum Gasteiger partial charge on any atom is 0.490 e. The van der Waals surface area contributed by atoms with E-state index in [0.29, 0.717) is 24.3 Å². The van der Waals surface area contributed by atoms with E-state index in [-0.39, 0.29) is 5.92 Å². The first kappa shape index (κ1) is 29.8. The van der Waals surface area contributed by atoms with Gasteiger partial charge in [0.1, 0.15) is 5.01 Å². The van der Waals surface area contributed by atoms with Crippen LogP contribution in [-0.4, -0.2) is 94.6 Å². The molecular weight excluding hydrogens is 524 g/mol. The Morgan fingerprint density at radius 1 is 1.00 bits per heavy atom. The van der Waals surface area contributed by atoms with Crippen molar-refractivity contribution in [2.24, 2.45) is 17.8 Å². The number of likely N-dealkylation sites (tertiary alicyclic amines) is 2. The Labute approximate surface area is 205 Å². The molecule has 0 unspecified atom stereocenters.